The van der Waals surface area contributed by atoms with Crippen LogP contribution in [0.5, 0.6) is 0 Å². The molecule has 0 bridgehead atoms. The number of rotatable bonds is 4. The number of hydrogen-bond donors (Lipinski definition) is 2. The molecule has 21 heavy (non-hydrogen) atoms. The van der Waals surface area contributed by atoms with Crippen LogP contribution in [0, 0.1) is 5.92 Å². The number of nitrogens with one attached hydrogen (secondary N) is 1. The molecule has 2 fully saturated rings. The SMILES string of the molecule is CCCC1CCN(C(=O)NC2(C(=O)O)CCCCCC2)C1. The molecule has 120 valence electrons. The Labute approximate surface area is 127 Å². The number of nitrogens with zero attached hydrogens (tertiary/aromatic N) is 1. The summed E-state index contributed by atoms with van der Waals surface area (Å²) in [6.45, 7) is 3.69. The molecule has 0 spiro atoms. The van der Waals surface area contributed by atoms with Crippen molar-refractivity contribution in [1.29, 1.82) is 0 Å². The lowest BCUT2D eigenvalue weighted by atomic mass is 9.90. The second-order valence-electron chi connectivity index (χ2n) is 6.62. The van der Waals surface area contributed by atoms with Crippen LogP contribution in [0.15, 0.2) is 0 Å². The molecular weight excluding hydrogens is 268 g/mol. The molecule has 0 aromatic heterocycles. The van der Waals surface area contributed by atoms with Crippen LogP contribution in [-0.4, -0.2) is 40.6 Å². The maximum absolute atomic E-state index is 12.4. The first kappa shape index (κ1) is 16.1. The van der Waals surface area contributed by atoms with Gasteiger partial charge in [0.25, 0.3) is 0 Å². The zero-order valence-electron chi connectivity index (χ0n) is 13.1. The van der Waals surface area contributed by atoms with E-state index < -0.39 is 11.5 Å². The number of carboxylic acids is 1. The molecule has 1 saturated heterocycles. The maximum atomic E-state index is 12.4. The van der Waals surface area contributed by atoms with Gasteiger partial charge in [-0.3, -0.25) is 0 Å². The third kappa shape index (κ3) is 3.89. The van der Waals surface area contributed by atoms with E-state index in [4.69, 9.17) is 0 Å². The number of aliphatic carboxylic acids is 1. The second kappa shape index (κ2) is 7.14. The summed E-state index contributed by atoms with van der Waals surface area (Å²) in [5, 5.41) is 12.5. The Kier molecular flexibility index (Phi) is 5.48. The topological polar surface area (TPSA) is 69.6 Å². The predicted octanol–water partition coefficient (Wildman–Crippen LogP) is 3.00. The monoisotopic (exact) mass is 296 g/mol. The summed E-state index contributed by atoms with van der Waals surface area (Å²) >= 11 is 0. The molecule has 1 saturated carbocycles. The number of likely N-dealkylation sites (tertiary alicyclic amines) is 1. The highest BCUT2D eigenvalue weighted by Crippen LogP contribution is 2.28. The van der Waals surface area contributed by atoms with Gasteiger partial charge in [-0.25, -0.2) is 9.59 Å². The smallest absolute Gasteiger partial charge is 0.329 e. The van der Waals surface area contributed by atoms with E-state index in [1.807, 2.05) is 0 Å². The van der Waals surface area contributed by atoms with Crippen LogP contribution in [0.4, 0.5) is 4.79 Å². The van der Waals surface area contributed by atoms with E-state index in [-0.39, 0.29) is 6.03 Å². The highest BCUT2D eigenvalue weighted by molar-refractivity contribution is 5.86. The fourth-order valence-electron chi connectivity index (χ4n) is 3.67. The van der Waals surface area contributed by atoms with Gasteiger partial charge in [0, 0.05) is 13.1 Å². The molecule has 5 nitrogen and oxygen atoms in total. The van der Waals surface area contributed by atoms with Crippen molar-refractivity contribution in [1.82, 2.24) is 10.2 Å². The number of carbonyl (C=O) groups is 2. The third-order valence-electron chi connectivity index (χ3n) is 4.98. The zero-order chi connectivity index (χ0) is 15.3. The average Bonchev–Trinajstić information content (AvgIpc) is 2.78. The van der Waals surface area contributed by atoms with Crippen LogP contribution < -0.4 is 5.32 Å². The minimum Gasteiger partial charge on any atom is -0.480 e. The van der Waals surface area contributed by atoms with Gasteiger partial charge < -0.3 is 15.3 Å². The molecule has 1 unspecified atom stereocenters. The molecule has 1 aliphatic carbocycles. The van der Waals surface area contributed by atoms with Crippen LogP contribution >= 0.6 is 0 Å². The zero-order valence-corrected chi connectivity index (χ0v) is 13.1. The van der Waals surface area contributed by atoms with Crippen LogP contribution in [-0.2, 0) is 4.79 Å². The summed E-state index contributed by atoms with van der Waals surface area (Å²) in [5.41, 5.74) is -1.05. The molecular formula is C16H28N2O3. The van der Waals surface area contributed by atoms with Crippen molar-refractivity contribution >= 4 is 12.0 Å². The molecule has 0 radical (unpaired) electrons. The quantitative estimate of drug-likeness (QED) is 0.784. The van der Waals surface area contributed by atoms with E-state index in [0.29, 0.717) is 18.8 Å². The van der Waals surface area contributed by atoms with E-state index >= 15 is 0 Å². The van der Waals surface area contributed by atoms with Gasteiger partial charge in [-0.1, -0.05) is 39.0 Å². The number of carbonyl (C=O) groups excluding carboxylic acids is 1. The van der Waals surface area contributed by atoms with Gasteiger partial charge in [0.15, 0.2) is 0 Å². The second-order valence-corrected chi connectivity index (χ2v) is 6.62. The summed E-state index contributed by atoms with van der Waals surface area (Å²) in [5.74, 6) is -0.294. The van der Waals surface area contributed by atoms with Crippen molar-refractivity contribution in [3.63, 3.8) is 0 Å². The van der Waals surface area contributed by atoms with Crippen LogP contribution in [0.2, 0.25) is 0 Å². The van der Waals surface area contributed by atoms with Gasteiger partial charge in [0.1, 0.15) is 5.54 Å². The van der Waals surface area contributed by atoms with Gasteiger partial charge >= 0.3 is 12.0 Å². The highest BCUT2D eigenvalue weighted by Gasteiger charge is 2.41. The summed E-state index contributed by atoms with van der Waals surface area (Å²) in [7, 11) is 0. The van der Waals surface area contributed by atoms with Crippen molar-refractivity contribution in [3.05, 3.63) is 0 Å². The molecule has 1 heterocycles. The highest BCUT2D eigenvalue weighted by atomic mass is 16.4. The molecule has 2 rings (SSSR count). The first-order valence-corrected chi connectivity index (χ1v) is 8.38. The standard InChI is InChI=1S/C16H28N2O3/c1-2-7-13-8-11-18(12-13)15(21)17-16(14(19)20)9-5-3-4-6-10-16/h13H,2-12H2,1H3,(H,17,21)(H,19,20). The summed E-state index contributed by atoms with van der Waals surface area (Å²) in [4.78, 5) is 26.0. The molecule has 5 heteroatoms. The Morgan fingerprint density at radius 2 is 1.90 bits per heavy atom. The lowest BCUT2D eigenvalue weighted by Crippen LogP contribution is -2.57. The Morgan fingerprint density at radius 3 is 2.48 bits per heavy atom. The number of amides is 2. The van der Waals surface area contributed by atoms with Crippen LogP contribution in [0.25, 0.3) is 0 Å². The lowest BCUT2D eigenvalue weighted by Gasteiger charge is -2.31. The third-order valence-corrected chi connectivity index (χ3v) is 4.98. The number of carboxylic acid groups (broad SMARTS) is 1. The molecule has 2 aliphatic rings. The Balaban J connectivity index is 1.97. The first-order valence-electron chi connectivity index (χ1n) is 8.38. The Morgan fingerprint density at radius 1 is 1.24 bits per heavy atom. The molecule has 1 atom stereocenters. The Hall–Kier alpha value is -1.26. The van der Waals surface area contributed by atoms with E-state index in [0.717, 1.165) is 58.0 Å². The molecule has 2 N–H and O–H groups in total. The normalized spacial score (nSPS) is 25.4. The largest absolute Gasteiger partial charge is 0.480 e. The molecule has 0 aromatic carbocycles. The van der Waals surface area contributed by atoms with E-state index in [9.17, 15) is 14.7 Å². The van der Waals surface area contributed by atoms with Gasteiger partial charge in [-0.15, -0.1) is 0 Å². The van der Waals surface area contributed by atoms with Gasteiger partial charge in [0.05, 0.1) is 0 Å². The van der Waals surface area contributed by atoms with Gasteiger partial charge in [0.2, 0.25) is 0 Å². The molecule has 2 amide bonds. The predicted molar refractivity (Wildman–Crippen MR) is 81.2 cm³/mol. The maximum Gasteiger partial charge on any atom is 0.329 e. The summed E-state index contributed by atoms with van der Waals surface area (Å²) in [6.07, 6.45) is 8.32. The van der Waals surface area contributed by atoms with Crippen molar-refractivity contribution in [2.45, 2.75) is 70.3 Å². The van der Waals surface area contributed by atoms with Gasteiger partial charge in [-0.05, 0) is 31.6 Å². The first-order chi connectivity index (χ1) is 10.1. The fourth-order valence-corrected chi connectivity index (χ4v) is 3.67. The van der Waals surface area contributed by atoms with E-state index in [1.165, 1.54) is 0 Å². The van der Waals surface area contributed by atoms with E-state index in [1.54, 1.807) is 4.90 Å². The summed E-state index contributed by atoms with van der Waals surface area (Å²) in [6, 6.07) is -0.182. The minimum absolute atomic E-state index is 0.182. The average molecular weight is 296 g/mol. The van der Waals surface area contributed by atoms with Crippen molar-refractivity contribution < 1.29 is 14.7 Å². The Bertz CT molecular complexity index is 376. The van der Waals surface area contributed by atoms with Crippen LogP contribution in [0.1, 0.15) is 64.7 Å². The van der Waals surface area contributed by atoms with Crippen molar-refractivity contribution in [2.75, 3.05) is 13.1 Å². The van der Waals surface area contributed by atoms with E-state index in [2.05, 4.69) is 12.2 Å². The molecule has 1 aliphatic heterocycles. The lowest BCUT2D eigenvalue weighted by molar-refractivity contribution is -0.145. The number of hydrogen-bond acceptors (Lipinski definition) is 2. The summed E-state index contributed by atoms with van der Waals surface area (Å²) < 4.78 is 0. The van der Waals surface area contributed by atoms with Crippen LogP contribution in [0.3, 0.4) is 0 Å². The fraction of sp³-hybridized carbons (Fsp3) is 0.875. The molecule has 0 aromatic rings. The number of urea groups is 1. The van der Waals surface area contributed by atoms with Crippen molar-refractivity contribution in [3.8, 4) is 0 Å². The minimum atomic E-state index is -1.05. The van der Waals surface area contributed by atoms with Crippen molar-refractivity contribution in [2.24, 2.45) is 5.92 Å². The van der Waals surface area contributed by atoms with Gasteiger partial charge in [-0.2, -0.15) is 0 Å².